The van der Waals surface area contributed by atoms with Gasteiger partial charge in [0.05, 0.1) is 15.5 Å². The van der Waals surface area contributed by atoms with E-state index in [0.717, 1.165) is 22.4 Å². The maximum absolute atomic E-state index is 11.7. The first-order valence-corrected chi connectivity index (χ1v) is 9.95. The average Bonchev–Trinajstić information content (AvgIpc) is 2.87. The Morgan fingerprint density at radius 3 is 2.54 bits per heavy atom. The van der Waals surface area contributed by atoms with Gasteiger partial charge in [0, 0.05) is 19.4 Å². The molecule has 0 radical (unpaired) electrons. The molecule has 130 valence electrons. The number of carbonyl (C=O) groups excluding carboxylic acids is 1. The van der Waals surface area contributed by atoms with Crippen molar-refractivity contribution in [3.8, 4) is 10.4 Å². The fourth-order valence-corrected chi connectivity index (χ4v) is 3.59. The number of urea groups is 1. The summed E-state index contributed by atoms with van der Waals surface area (Å²) in [6.45, 7) is 2.22. The Bertz CT molecular complexity index is 814. The molecule has 0 saturated carbocycles. The van der Waals surface area contributed by atoms with Crippen LogP contribution in [0.5, 0.6) is 0 Å². The predicted molar refractivity (Wildman–Crippen MR) is 94.1 cm³/mol. The molecule has 0 spiro atoms. The van der Waals surface area contributed by atoms with Gasteiger partial charge in [0.25, 0.3) is 0 Å². The lowest BCUT2D eigenvalue weighted by atomic mass is 10.2. The number of rotatable bonds is 6. The lowest BCUT2D eigenvalue weighted by Crippen LogP contribution is -2.29. The number of thiazole rings is 1. The molecule has 1 heterocycles. The van der Waals surface area contributed by atoms with Crippen LogP contribution >= 0.6 is 11.3 Å². The fraction of sp³-hybridized carbons (Fsp3) is 0.333. The van der Waals surface area contributed by atoms with E-state index in [2.05, 4.69) is 15.6 Å². The highest BCUT2D eigenvalue weighted by Gasteiger charge is 2.13. The Kier molecular flexibility index (Phi) is 5.92. The van der Waals surface area contributed by atoms with Crippen molar-refractivity contribution in [1.82, 2.24) is 10.3 Å². The Balaban J connectivity index is 2.12. The van der Waals surface area contributed by atoms with Crippen molar-refractivity contribution in [1.29, 1.82) is 0 Å². The topological polar surface area (TPSA) is 108 Å². The number of hydrogen-bond donors (Lipinski definition) is 3. The SMILES string of the molecule is Cc1nc(NC(=O)NCCCO)sc1-c1ccc(S(C)(=O)=O)cc1. The van der Waals surface area contributed by atoms with Gasteiger partial charge in [-0.2, -0.15) is 0 Å². The molecule has 0 aliphatic rings. The molecule has 3 N–H and O–H groups in total. The van der Waals surface area contributed by atoms with Crippen LogP contribution in [0.4, 0.5) is 9.93 Å². The zero-order valence-corrected chi connectivity index (χ0v) is 15.0. The van der Waals surface area contributed by atoms with Crippen molar-refractivity contribution in [2.24, 2.45) is 0 Å². The van der Waals surface area contributed by atoms with Crippen molar-refractivity contribution in [3.63, 3.8) is 0 Å². The van der Waals surface area contributed by atoms with Crippen LogP contribution in [0.3, 0.4) is 0 Å². The number of aryl methyl sites for hydroxylation is 1. The van der Waals surface area contributed by atoms with Crippen molar-refractivity contribution in [3.05, 3.63) is 30.0 Å². The molecule has 2 amide bonds. The highest BCUT2D eigenvalue weighted by Crippen LogP contribution is 2.33. The maximum Gasteiger partial charge on any atom is 0.321 e. The summed E-state index contributed by atoms with van der Waals surface area (Å²) in [6.07, 6.45) is 1.65. The van der Waals surface area contributed by atoms with Crippen molar-refractivity contribution < 1.29 is 18.3 Å². The van der Waals surface area contributed by atoms with Gasteiger partial charge in [0.2, 0.25) is 0 Å². The second-order valence-electron chi connectivity index (χ2n) is 5.19. The van der Waals surface area contributed by atoms with Crippen LogP contribution in [0, 0.1) is 6.92 Å². The Hall–Kier alpha value is -1.97. The van der Waals surface area contributed by atoms with Crippen LogP contribution in [0.2, 0.25) is 0 Å². The summed E-state index contributed by atoms with van der Waals surface area (Å²) >= 11 is 1.31. The smallest absolute Gasteiger partial charge is 0.321 e. The summed E-state index contributed by atoms with van der Waals surface area (Å²) in [5.74, 6) is 0. The number of aromatic nitrogens is 1. The van der Waals surface area contributed by atoms with E-state index < -0.39 is 9.84 Å². The van der Waals surface area contributed by atoms with E-state index in [-0.39, 0.29) is 17.5 Å². The number of nitrogens with one attached hydrogen (secondary N) is 2. The quantitative estimate of drug-likeness (QED) is 0.675. The van der Waals surface area contributed by atoms with E-state index in [4.69, 9.17) is 5.11 Å². The summed E-state index contributed by atoms with van der Waals surface area (Å²) < 4.78 is 23.0. The van der Waals surface area contributed by atoms with Gasteiger partial charge in [-0.05, 0) is 31.0 Å². The molecule has 1 aromatic heterocycles. The summed E-state index contributed by atoms with van der Waals surface area (Å²) in [5.41, 5.74) is 1.59. The minimum absolute atomic E-state index is 0.0181. The molecule has 0 fully saturated rings. The van der Waals surface area contributed by atoms with E-state index >= 15 is 0 Å². The van der Waals surface area contributed by atoms with Crippen molar-refractivity contribution >= 4 is 32.3 Å². The van der Waals surface area contributed by atoms with Crippen LogP contribution in [0.15, 0.2) is 29.2 Å². The van der Waals surface area contributed by atoms with E-state index in [9.17, 15) is 13.2 Å². The number of hydrogen-bond acceptors (Lipinski definition) is 6. The lowest BCUT2D eigenvalue weighted by molar-refractivity contribution is 0.249. The molecule has 0 saturated heterocycles. The number of benzene rings is 1. The third-order valence-electron chi connectivity index (χ3n) is 3.18. The number of amides is 2. The molecule has 9 heteroatoms. The molecule has 24 heavy (non-hydrogen) atoms. The van der Waals surface area contributed by atoms with Gasteiger partial charge in [0.1, 0.15) is 0 Å². The predicted octanol–water partition coefficient (Wildman–Crippen LogP) is 2.03. The second-order valence-corrected chi connectivity index (χ2v) is 8.20. The normalized spacial score (nSPS) is 11.3. The summed E-state index contributed by atoms with van der Waals surface area (Å²) in [5, 5.41) is 14.4. The molecular formula is C15H19N3O4S2. The molecule has 7 nitrogen and oxygen atoms in total. The molecule has 0 atom stereocenters. The summed E-state index contributed by atoms with van der Waals surface area (Å²) in [4.78, 5) is 17.1. The Morgan fingerprint density at radius 1 is 1.29 bits per heavy atom. The Morgan fingerprint density at radius 2 is 1.96 bits per heavy atom. The maximum atomic E-state index is 11.7. The number of carbonyl (C=O) groups is 1. The van der Waals surface area contributed by atoms with Crippen LogP contribution in [-0.4, -0.2) is 43.9 Å². The highest BCUT2D eigenvalue weighted by molar-refractivity contribution is 7.90. The van der Waals surface area contributed by atoms with Gasteiger partial charge in [-0.25, -0.2) is 18.2 Å². The minimum atomic E-state index is -3.23. The van der Waals surface area contributed by atoms with Crippen molar-refractivity contribution in [2.75, 3.05) is 24.7 Å². The zero-order chi connectivity index (χ0) is 17.7. The first-order chi connectivity index (χ1) is 11.3. The molecule has 0 aliphatic carbocycles. The summed E-state index contributed by atoms with van der Waals surface area (Å²) in [6, 6.07) is 6.18. The molecule has 0 bridgehead atoms. The number of aliphatic hydroxyl groups is 1. The summed E-state index contributed by atoms with van der Waals surface area (Å²) in [7, 11) is -3.23. The standard InChI is InChI=1S/C15H19N3O4S2/c1-10-13(11-4-6-12(7-5-11)24(2,21)22)23-15(17-10)18-14(20)16-8-3-9-19/h4-7,19H,3,8-9H2,1-2H3,(H2,16,17,18,20). The molecule has 1 aromatic carbocycles. The first-order valence-electron chi connectivity index (χ1n) is 7.25. The van der Waals surface area contributed by atoms with Crippen LogP contribution in [0.1, 0.15) is 12.1 Å². The number of anilines is 1. The number of sulfone groups is 1. The molecule has 0 unspecified atom stereocenters. The third-order valence-corrected chi connectivity index (χ3v) is 5.43. The van der Waals surface area contributed by atoms with Crippen LogP contribution in [-0.2, 0) is 9.84 Å². The van der Waals surface area contributed by atoms with Gasteiger partial charge < -0.3 is 10.4 Å². The van der Waals surface area contributed by atoms with E-state index in [0.29, 0.717) is 18.1 Å². The van der Waals surface area contributed by atoms with Gasteiger partial charge >= 0.3 is 6.03 Å². The Labute approximate surface area is 144 Å². The van der Waals surface area contributed by atoms with E-state index in [1.165, 1.54) is 11.3 Å². The third kappa shape index (κ3) is 4.76. The largest absolute Gasteiger partial charge is 0.396 e. The zero-order valence-electron chi connectivity index (χ0n) is 13.4. The second kappa shape index (κ2) is 7.73. The highest BCUT2D eigenvalue weighted by atomic mass is 32.2. The fourth-order valence-electron chi connectivity index (χ4n) is 1.99. The van der Waals surface area contributed by atoms with Crippen LogP contribution < -0.4 is 10.6 Å². The number of nitrogens with zero attached hydrogens (tertiary/aromatic N) is 1. The minimum Gasteiger partial charge on any atom is -0.396 e. The molecule has 0 aliphatic heterocycles. The van der Waals surface area contributed by atoms with Gasteiger partial charge in [-0.3, -0.25) is 5.32 Å². The number of aliphatic hydroxyl groups excluding tert-OH is 1. The molecular weight excluding hydrogens is 350 g/mol. The molecule has 2 aromatic rings. The average molecular weight is 369 g/mol. The van der Waals surface area contributed by atoms with E-state index in [1.807, 2.05) is 6.92 Å². The van der Waals surface area contributed by atoms with Crippen molar-refractivity contribution in [2.45, 2.75) is 18.2 Å². The van der Waals surface area contributed by atoms with Gasteiger partial charge in [-0.1, -0.05) is 23.5 Å². The monoisotopic (exact) mass is 369 g/mol. The van der Waals surface area contributed by atoms with E-state index in [1.54, 1.807) is 24.3 Å². The van der Waals surface area contributed by atoms with Gasteiger partial charge in [0.15, 0.2) is 15.0 Å². The lowest BCUT2D eigenvalue weighted by Gasteiger charge is -2.03. The molecule has 2 rings (SSSR count). The first kappa shape index (κ1) is 18.4. The van der Waals surface area contributed by atoms with Gasteiger partial charge in [-0.15, -0.1) is 0 Å². The van der Waals surface area contributed by atoms with Crippen LogP contribution in [0.25, 0.3) is 10.4 Å².